The first-order chi connectivity index (χ1) is 9.70. The van der Waals surface area contributed by atoms with Crippen LogP contribution in [0, 0.1) is 5.82 Å². The quantitative estimate of drug-likeness (QED) is 0.793. The SMILES string of the molecule is CCCNCc1cnc(N(C)Cc2ccccc2F)s1. The third-order valence-electron chi connectivity index (χ3n) is 2.96. The summed E-state index contributed by atoms with van der Waals surface area (Å²) in [6.45, 7) is 4.53. The largest absolute Gasteiger partial charge is 0.347 e. The zero-order chi connectivity index (χ0) is 14.4. The monoisotopic (exact) mass is 293 g/mol. The molecule has 0 bridgehead atoms. The van der Waals surface area contributed by atoms with E-state index in [1.165, 1.54) is 10.9 Å². The number of benzene rings is 1. The number of hydrogen-bond donors (Lipinski definition) is 1. The van der Waals surface area contributed by atoms with E-state index in [-0.39, 0.29) is 5.82 Å². The van der Waals surface area contributed by atoms with Crippen molar-refractivity contribution in [2.75, 3.05) is 18.5 Å². The molecule has 1 N–H and O–H groups in total. The Labute approximate surface area is 123 Å². The van der Waals surface area contributed by atoms with Gasteiger partial charge in [-0.3, -0.25) is 0 Å². The van der Waals surface area contributed by atoms with Crippen molar-refractivity contribution in [3.63, 3.8) is 0 Å². The number of anilines is 1. The van der Waals surface area contributed by atoms with E-state index in [4.69, 9.17) is 0 Å². The maximum Gasteiger partial charge on any atom is 0.185 e. The van der Waals surface area contributed by atoms with E-state index in [0.29, 0.717) is 12.1 Å². The molecule has 0 unspecified atom stereocenters. The molecule has 0 spiro atoms. The van der Waals surface area contributed by atoms with Crippen molar-refractivity contribution in [2.24, 2.45) is 0 Å². The van der Waals surface area contributed by atoms with Gasteiger partial charge in [-0.1, -0.05) is 25.1 Å². The Balaban J connectivity index is 1.96. The molecule has 0 radical (unpaired) electrons. The Morgan fingerprint density at radius 1 is 1.35 bits per heavy atom. The smallest absolute Gasteiger partial charge is 0.185 e. The molecule has 0 aliphatic carbocycles. The van der Waals surface area contributed by atoms with Gasteiger partial charge in [0.1, 0.15) is 5.82 Å². The molecule has 0 aliphatic rings. The van der Waals surface area contributed by atoms with Crippen LogP contribution in [-0.4, -0.2) is 18.6 Å². The van der Waals surface area contributed by atoms with Crippen LogP contribution in [0.1, 0.15) is 23.8 Å². The maximum absolute atomic E-state index is 13.6. The van der Waals surface area contributed by atoms with Gasteiger partial charge >= 0.3 is 0 Å². The lowest BCUT2D eigenvalue weighted by molar-refractivity contribution is 0.608. The minimum atomic E-state index is -0.166. The van der Waals surface area contributed by atoms with Crippen molar-refractivity contribution in [1.29, 1.82) is 0 Å². The van der Waals surface area contributed by atoms with Crippen LogP contribution in [0.3, 0.4) is 0 Å². The lowest BCUT2D eigenvalue weighted by Gasteiger charge is -2.16. The molecule has 0 aliphatic heterocycles. The molecular formula is C15H20FN3S. The van der Waals surface area contributed by atoms with Crippen LogP contribution >= 0.6 is 11.3 Å². The Morgan fingerprint density at radius 2 is 2.15 bits per heavy atom. The third-order valence-corrected chi connectivity index (χ3v) is 4.07. The summed E-state index contributed by atoms with van der Waals surface area (Å²) in [6.07, 6.45) is 3.01. The fourth-order valence-corrected chi connectivity index (χ4v) is 2.73. The van der Waals surface area contributed by atoms with Crippen LogP contribution in [0.2, 0.25) is 0 Å². The lowest BCUT2D eigenvalue weighted by atomic mass is 10.2. The van der Waals surface area contributed by atoms with Crippen molar-refractivity contribution in [3.8, 4) is 0 Å². The minimum absolute atomic E-state index is 0.166. The summed E-state index contributed by atoms with van der Waals surface area (Å²) in [7, 11) is 1.94. The average molecular weight is 293 g/mol. The van der Waals surface area contributed by atoms with Crippen LogP contribution < -0.4 is 10.2 Å². The van der Waals surface area contributed by atoms with Gasteiger partial charge in [-0.15, -0.1) is 11.3 Å². The number of aromatic nitrogens is 1. The standard InChI is InChI=1S/C15H20FN3S/c1-3-8-17-9-13-10-18-15(20-13)19(2)11-12-6-4-5-7-14(12)16/h4-7,10,17H,3,8-9,11H2,1-2H3. The van der Waals surface area contributed by atoms with E-state index in [2.05, 4.69) is 17.2 Å². The summed E-state index contributed by atoms with van der Waals surface area (Å²) >= 11 is 1.65. The van der Waals surface area contributed by atoms with Gasteiger partial charge in [-0.05, 0) is 19.0 Å². The molecule has 1 aromatic carbocycles. The molecule has 1 heterocycles. The van der Waals surface area contributed by atoms with Crippen LogP contribution in [-0.2, 0) is 13.1 Å². The van der Waals surface area contributed by atoms with Crippen molar-refractivity contribution < 1.29 is 4.39 Å². The molecule has 1 aromatic heterocycles. The van der Waals surface area contributed by atoms with E-state index in [1.807, 2.05) is 30.3 Å². The molecule has 3 nitrogen and oxygen atoms in total. The second-order valence-corrected chi connectivity index (χ2v) is 5.83. The zero-order valence-electron chi connectivity index (χ0n) is 11.9. The summed E-state index contributed by atoms with van der Waals surface area (Å²) in [5, 5.41) is 4.27. The molecule has 0 saturated heterocycles. The summed E-state index contributed by atoms with van der Waals surface area (Å²) in [6, 6.07) is 6.86. The summed E-state index contributed by atoms with van der Waals surface area (Å²) in [5.41, 5.74) is 0.691. The number of nitrogens with zero attached hydrogens (tertiary/aromatic N) is 2. The Hall–Kier alpha value is -1.46. The van der Waals surface area contributed by atoms with Crippen LogP contribution in [0.4, 0.5) is 9.52 Å². The second kappa shape index (κ2) is 7.36. The highest BCUT2D eigenvalue weighted by atomic mass is 32.1. The third kappa shape index (κ3) is 4.02. The van der Waals surface area contributed by atoms with Gasteiger partial charge in [0.2, 0.25) is 0 Å². The van der Waals surface area contributed by atoms with E-state index >= 15 is 0 Å². The predicted molar refractivity (Wildman–Crippen MR) is 82.6 cm³/mol. The highest BCUT2D eigenvalue weighted by molar-refractivity contribution is 7.15. The first-order valence-electron chi connectivity index (χ1n) is 6.80. The molecule has 0 fully saturated rings. The van der Waals surface area contributed by atoms with Gasteiger partial charge < -0.3 is 10.2 Å². The number of rotatable bonds is 7. The Bertz CT molecular complexity index is 541. The first-order valence-corrected chi connectivity index (χ1v) is 7.62. The molecule has 20 heavy (non-hydrogen) atoms. The Morgan fingerprint density at radius 3 is 2.90 bits per heavy atom. The van der Waals surface area contributed by atoms with Gasteiger partial charge in [0, 0.05) is 36.8 Å². The summed E-state index contributed by atoms with van der Waals surface area (Å²) in [4.78, 5) is 7.58. The lowest BCUT2D eigenvalue weighted by Crippen LogP contribution is -2.16. The van der Waals surface area contributed by atoms with Crippen molar-refractivity contribution in [1.82, 2.24) is 10.3 Å². The molecule has 5 heteroatoms. The zero-order valence-corrected chi connectivity index (χ0v) is 12.7. The normalized spacial score (nSPS) is 10.8. The Kier molecular flexibility index (Phi) is 5.49. The van der Waals surface area contributed by atoms with Crippen molar-refractivity contribution in [3.05, 3.63) is 46.7 Å². The van der Waals surface area contributed by atoms with Gasteiger partial charge in [0.15, 0.2) is 5.13 Å². The molecule has 108 valence electrons. The second-order valence-electron chi connectivity index (χ2n) is 4.73. The highest BCUT2D eigenvalue weighted by Gasteiger charge is 2.09. The molecular weight excluding hydrogens is 273 g/mol. The van der Waals surface area contributed by atoms with Crippen LogP contribution in [0.5, 0.6) is 0 Å². The minimum Gasteiger partial charge on any atom is -0.347 e. The number of thiazole rings is 1. The van der Waals surface area contributed by atoms with Gasteiger partial charge in [-0.25, -0.2) is 9.37 Å². The van der Waals surface area contributed by atoms with Crippen molar-refractivity contribution in [2.45, 2.75) is 26.4 Å². The highest BCUT2D eigenvalue weighted by Crippen LogP contribution is 2.23. The molecule has 0 saturated carbocycles. The topological polar surface area (TPSA) is 28.2 Å². The molecule has 2 aromatic rings. The number of halogens is 1. The molecule has 2 rings (SSSR count). The van der Waals surface area contributed by atoms with Gasteiger partial charge in [0.05, 0.1) is 0 Å². The number of hydrogen-bond acceptors (Lipinski definition) is 4. The van der Waals surface area contributed by atoms with E-state index in [9.17, 15) is 4.39 Å². The van der Waals surface area contributed by atoms with Crippen LogP contribution in [0.15, 0.2) is 30.5 Å². The first kappa shape index (κ1) is 14.9. The maximum atomic E-state index is 13.6. The van der Waals surface area contributed by atoms with Crippen molar-refractivity contribution >= 4 is 16.5 Å². The fourth-order valence-electron chi connectivity index (χ4n) is 1.89. The fraction of sp³-hybridized carbons (Fsp3) is 0.400. The average Bonchev–Trinajstić information content (AvgIpc) is 2.91. The van der Waals surface area contributed by atoms with Crippen LogP contribution in [0.25, 0.3) is 0 Å². The molecule has 0 atom stereocenters. The summed E-state index contributed by atoms with van der Waals surface area (Å²) in [5.74, 6) is -0.166. The van der Waals surface area contributed by atoms with Gasteiger partial charge in [0.25, 0.3) is 0 Å². The van der Waals surface area contributed by atoms with E-state index in [0.717, 1.165) is 24.6 Å². The summed E-state index contributed by atoms with van der Waals surface area (Å²) < 4.78 is 13.6. The van der Waals surface area contributed by atoms with E-state index in [1.54, 1.807) is 17.4 Å². The molecule has 0 amide bonds. The number of nitrogens with one attached hydrogen (secondary N) is 1. The van der Waals surface area contributed by atoms with E-state index < -0.39 is 0 Å². The predicted octanol–water partition coefficient (Wildman–Crippen LogP) is 3.42. The van der Waals surface area contributed by atoms with Gasteiger partial charge in [-0.2, -0.15) is 0 Å².